The first-order valence-electron chi connectivity index (χ1n) is 12.2. The van der Waals surface area contributed by atoms with Gasteiger partial charge in [-0.2, -0.15) is 0 Å². The number of thiophene rings is 1. The van der Waals surface area contributed by atoms with Gasteiger partial charge in [0.1, 0.15) is 16.9 Å². The number of aliphatic imine (C=N–C) groups is 1. The molecule has 176 valence electrons. The fourth-order valence-electron chi connectivity index (χ4n) is 5.66. The first kappa shape index (κ1) is 22.0. The quantitative estimate of drug-likeness (QED) is 0.462. The molecular formula is C26H28ClN5OS. The molecule has 1 unspecified atom stereocenters. The number of carbonyl (C=O) groups is 1. The largest absolute Gasteiger partial charge is 0.337 e. The average molecular weight is 494 g/mol. The van der Waals surface area contributed by atoms with Gasteiger partial charge < -0.3 is 4.90 Å². The highest BCUT2D eigenvalue weighted by Crippen LogP contribution is 2.42. The highest BCUT2D eigenvalue weighted by Gasteiger charge is 2.36. The van der Waals surface area contributed by atoms with Crippen LogP contribution in [-0.4, -0.2) is 37.8 Å². The Labute approximate surface area is 208 Å². The molecule has 6 nitrogen and oxygen atoms in total. The Morgan fingerprint density at radius 2 is 1.94 bits per heavy atom. The van der Waals surface area contributed by atoms with E-state index in [1.165, 1.54) is 29.7 Å². The van der Waals surface area contributed by atoms with Gasteiger partial charge in [0, 0.05) is 33.5 Å². The molecule has 1 atom stereocenters. The van der Waals surface area contributed by atoms with Crippen LogP contribution in [0.4, 0.5) is 0 Å². The second-order valence-corrected chi connectivity index (χ2v) is 11.1. The van der Waals surface area contributed by atoms with Crippen molar-refractivity contribution in [1.29, 1.82) is 0 Å². The highest BCUT2D eigenvalue weighted by molar-refractivity contribution is 7.15. The monoisotopic (exact) mass is 493 g/mol. The summed E-state index contributed by atoms with van der Waals surface area (Å²) in [5, 5.41) is 10.6. The minimum Gasteiger partial charge on any atom is -0.337 e. The molecule has 3 aromatic rings. The van der Waals surface area contributed by atoms with Gasteiger partial charge in [0.15, 0.2) is 5.82 Å². The average Bonchev–Trinajstić information content (AvgIpc) is 3.39. The molecule has 1 saturated carbocycles. The SMILES string of the molecule is Cc1nnc2n1-c1sc3c(c1C(c1ccccc1Cl)=NC2C)CCN(C(=O)C1CCCCC1)C3. The number of nitrogens with zero attached hydrogens (tertiary/aromatic N) is 5. The van der Waals surface area contributed by atoms with Crippen molar-refractivity contribution in [3.05, 3.63) is 62.5 Å². The molecule has 34 heavy (non-hydrogen) atoms. The Balaban J connectivity index is 1.47. The summed E-state index contributed by atoms with van der Waals surface area (Å²) in [5.41, 5.74) is 4.28. The normalized spacial score (nSPS) is 20.3. The van der Waals surface area contributed by atoms with E-state index in [2.05, 4.69) is 26.6 Å². The van der Waals surface area contributed by atoms with Crippen molar-refractivity contribution in [3.8, 4) is 5.00 Å². The van der Waals surface area contributed by atoms with E-state index in [0.29, 0.717) is 17.5 Å². The predicted octanol–water partition coefficient (Wildman–Crippen LogP) is 5.67. The summed E-state index contributed by atoms with van der Waals surface area (Å²) >= 11 is 8.43. The predicted molar refractivity (Wildman–Crippen MR) is 135 cm³/mol. The maximum absolute atomic E-state index is 13.3. The summed E-state index contributed by atoms with van der Waals surface area (Å²) in [5.74, 6) is 2.23. The van der Waals surface area contributed by atoms with E-state index in [-0.39, 0.29) is 12.0 Å². The van der Waals surface area contributed by atoms with Gasteiger partial charge in [0.25, 0.3) is 0 Å². The van der Waals surface area contributed by atoms with Gasteiger partial charge >= 0.3 is 0 Å². The molecule has 1 amide bonds. The summed E-state index contributed by atoms with van der Waals surface area (Å²) in [7, 11) is 0. The first-order valence-corrected chi connectivity index (χ1v) is 13.4. The van der Waals surface area contributed by atoms with Crippen LogP contribution in [0.3, 0.4) is 0 Å². The van der Waals surface area contributed by atoms with Gasteiger partial charge in [0.2, 0.25) is 5.91 Å². The Kier molecular flexibility index (Phi) is 5.57. The fraction of sp³-hybridized carbons (Fsp3) is 0.462. The zero-order valence-corrected chi connectivity index (χ0v) is 21.1. The number of halogens is 1. The zero-order valence-electron chi connectivity index (χ0n) is 19.6. The number of rotatable bonds is 2. The third-order valence-corrected chi connectivity index (χ3v) is 8.95. The van der Waals surface area contributed by atoms with E-state index < -0.39 is 0 Å². The van der Waals surface area contributed by atoms with Gasteiger partial charge in [-0.3, -0.25) is 14.4 Å². The lowest BCUT2D eigenvalue weighted by Crippen LogP contribution is -2.40. The number of benzene rings is 1. The van der Waals surface area contributed by atoms with Gasteiger partial charge in [-0.1, -0.05) is 49.1 Å². The molecule has 0 radical (unpaired) electrons. The molecule has 6 rings (SSSR count). The Morgan fingerprint density at radius 1 is 1.15 bits per heavy atom. The van der Waals surface area contributed by atoms with Crippen molar-refractivity contribution < 1.29 is 4.79 Å². The number of carbonyl (C=O) groups excluding carboxylic acids is 1. The molecule has 2 aromatic heterocycles. The highest BCUT2D eigenvalue weighted by atomic mass is 35.5. The van der Waals surface area contributed by atoms with E-state index in [1.807, 2.05) is 31.2 Å². The molecule has 0 spiro atoms. The van der Waals surface area contributed by atoms with Crippen molar-refractivity contribution in [1.82, 2.24) is 19.7 Å². The first-order chi connectivity index (χ1) is 16.5. The molecule has 8 heteroatoms. The summed E-state index contributed by atoms with van der Waals surface area (Å²) in [6.07, 6.45) is 6.51. The topological polar surface area (TPSA) is 63.4 Å². The van der Waals surface area contributed by atoms with E-state index in [1.54, 1.807) is 11.3 Å². The van der Waals surface area contributed by atoms with Gasteiger partial charge in [-0.25, -0.2) is 0 Å². The Morgan fingerprint density at radius 3 is 2.74 bits per heavy atom. The van der Waals surface area contributed by atoms with Crippen LogP contribution in [0.1, 0.15) is 78.3 Å². The molecule has 2 aliphatic heterocycles. The molecule has 3 aliphatic rings. The number of aromatic nitrogens is 3. The van der Waals surface area contributed by atoms with Crippen molar-refractivity contribution in [2.24, 2.45) is 10.9 Å². The van der Waals surface area contributed by atoms with Crippen LogP contribution >= 0.6 is 22.9 Å². The maximum atomic E-state index is 13.3. The van der Waals surface area contributed by atoms with E-state index in [0.717, 1.165) is 59.3 Å². The lowest BCUT2D eigenvalue weighted by molar-refractivity contribution is -0.137. The molecule has 0 saturated heterocycles. The molecular weight excluding hydrogens is 466 g/mol. The molecule has 1 aromatic carbocycles. The van der Waals surface area contributed by atoms with Crippen molar-refractivity contribution in [2.75, 3.05) is 6.54 Å². The van der Waals surface area contributed by atoms with Gasteiger partial charge in [-0.05, 0) is 44.7 Å². The van der Waals surface area contributed by atoms with E-state index in [4.69, 9.17) is 16.6 Å². The fourth-order valence-corrected chi connectivity index (χ4v) is 7.31. The smallest absolute Gasteiger partial charge is 0.226 e. The summed E-state index contributed by atoms with van der Waals surface area (Å²) in [6.45, 7) is 5.48. The standard InChI is InChI=1S/C26H28ClN5OS/c1-15-24-30-29-16(2)32(24)26-22(23(28-15)18-10-6-7-11-20(18)27)19-12-13-31(14-21(19)34-26)25(33)17-8-4-3-5-9-17/h6-7,10-11,15,17H,3-5,8-9,12-14H2,1-2H3. The van der Waals surface area contributed by atoms with Crippen molar-refractivity contribution in [2.45, 2.75) is 65.0 Å². The molecule has 4 heterocycles. The number of hydrogen-bond donors (Lipinski definition) is 0. The minimum atomic E-state index is -0.143. The van der Waals surface area contributed by atoms with Crippen LogP contribution < -0.4 is 0 Å². The van der Waals surface area contributed by atoms with Crippen molar-refractivity contribution in [3.63, 3.8) is 0 Å². The minimum absolute atomic E-state index is 0.143. The summed E-state index contributed by atoms with van der Waals surface area (Å²) < 4.78 is 2.16. The van der Waals surface area contributed by atoms with Crippen LogP contribution in [0.5, 0.6) is 0 Å². The maximum Gasteiger partial charge on any atom is 0.226 e. The van der Waals surface area contributed by atoms with Crippen molar-refractivity contribution >= 4 is 34.6 Å². The zero-order chi connectivity index (χ0) is 23.4. The number of aryl methyl sites for hydroxylation is 1. The Bertz CT molecular complexity index is 1300. The van der Waals surface area contributed by atoms with Crippen LogP contribution in [0.2, 0.25) is 5.02 Å². The number of fused-ring (bicyclic) bond motifs is 5. The third kappa shape index (κ3) is 3.52. The molecule has 1 aliphatic carbocycles. The van der Waals surface area contributed by atoms with Crippen LogP contribution in [0.25, 0.3) is 5.00 Å². The van der Waals surface area contributed by atoms with E-state index in [9.17, 15) is 4.79 Å². The van der Waals surface area contributed by atoms with Crippen LogP contribution in [0, 0.1) is 12.8 Å². The molecule has 0 N–H and O–H groups in total. The third-order valence-electron chi connectivity index (χ3n) is 7.42. The van der Waals surface area contributed by atoms with Crippen LogP contribution in [0.15, 0.2) is 29.3 Å². The second-order valence-electron chi connectivity index (χ2n) is 9.60. The number of hydrogen-bond acceptors (Lipinski definition) is 5. The summed E-state index contributed by atoms with van der Waals surface area (Å²) in [4.78, 5) is 21.8. The lowest BCUT2D eigenvalue weighted by Gasteiger charge is -2.32. The lowest BCUT2D eigenvalue weighted by atomic mass is 9.87. The van der Waals surface area contributed by atoms with Gasteiger partial charge in [-0.15, -0.1) is 21.5 Å². The second kappa shape index (κ2) is 8.61. The molecule has 0 bridgehead atoms. The Hall–Kier alpha value is -2.51. The van der Waals surface area contributed by atoms with E-state index >= 15 is 0 Å². The summed E-state index contributed by atoms with van der Waals surface area (Å²) in [6, 6.07) is 7.78. The van der Waals surface area contributed by atoms with Gasteiger partial charge in [0.05, 0.1) is 12.3 Å². The number of amides is 1. The van der Waals surface area contributed by atoms with Crippen LogP contribution in [-0.2, 0) is 17.8 Å². The molecule has 1 fully saturated rings.